The molecule has 17 heavy (non-hydrogen) atoms. The molecule has 0 radical (unpaired) electrons. The average molecular weight is 320 g/mol. The van der Waals surface area contributed by atoms with Crippen LogP contribution in [0.15, 0.2) is 33.6 Å². The van der Waals surface area contributed by atoms with Crippen molar-refractivity contribution in [2.45, 2.75) is 44.0 Å². The highest BCUT2D eigenvalue weighted by Gasteiger charge is 2.18. The van der Waals surface area contributed by atoms with Gasteiger partial charge in [-0.25, -0.2) is 13.1 Å². The van der Waals surface area contributed by atoms with Crippen LogP contribution in [-0.2, 0) is 10.0 Å². The second-order valence-corrected chi connectivity index (χ2v) is 6.60. The molecular formula is C12H18BrNO2S. The summed E-state index contributed by atoms with van der Waals surface area (Å²) in [6.45, 7) is 4.04. The van der Waals surface area contributed by atoms with Crippen LogP contribution >= 0.6 is 15.9 Å². The van der Waals surface area contributed by atoms with E-state index < -0.39 is 10.0 Å². The van der Waals surface area contributed by atoms with Crippen molar-refractivity contribution in [1.29, 1.82) is 0 Å². The van der Waals surface area contributed by atoms with E-state index in [0.29, 0.717) is 4.90 Å². The maximum Gasteiger partial charge on any atom is 0.240 e. The first kappa shape index (κ1) is 14.7. The third-order valence-electron chi connectivity index (χ3n) is 2.58. The van der Waals surface area contributed by atoms with Crippen LogP contribution in [0, 0.1) is 0 Å². The van der Waals surface area contributed by atoms with Crippen molar-refractivity contribution < 1.29 is 8.42 Å². The van der Waals surface area contributed by atoms with Gasteiger partial charge in [-0.05, 0) is 37.1 Å². The second kappa shape index (κ2) is 6.52. The number of benzene rings is 1. The second-order valence-electron chi connectivity index (χ2n) is 3.97. The Morgan fingerprint density at radius 2 is 1.82 bits per heavy atom. The molecule has 1 atom stereocenters. The standard InChI is InChI=1S/C12H18BrNO2S/c1-3-5-11(4-2)14-17(15,16)12-8-6-10(13)7-9-12/h6-9,11,14H,3-5H2,1-2H3. The number of sulfonamides is 1. The number of hydrogen-bond donors (Lipinski definition) is 1. The minimum atomic E-state index is -3.38. The molecular weight excluding hydrogens is 302 g/mol. The molecule has 0 aliphatic heterocycles. The van der Waals surface area contributed by atoms with E-state index in [-0.39, 0.29) is 6.04 Å². The van der Waals surface area contributed by atoms with Crippen LogP contribution in [0.1, 0.15) is 33.1 Å². The summed E-state index contributed by atoms with van der Waals surface area (Å²) >= 11 is 3.29. The number of halogens is 1. The van der Waals surface area contributed by atoms with E-state index in [9.17, 15) is 8.42 Å². The molecule has 3 nitrogen and oxygen atoms in total. The Morgan fingerprint density at radius 3 is 2.29 bits per heavy atom. The smallest absolute Gasteiger partial charge is 0.208 e. The van der Waals surface area contributed by atoms with Gasteiger partial charge in [0.1, 0.15) is 0 Å². The minimum absolute atomic E-state index is 0.0219. The first-order valence-corrected chi connectivity index (χ1v) is 8.05. The zero-order chi connectivity index (χ0) is 12.9. The molecule has 1 aromatic carbocycles. The van der Waals surface area contributed by atoms with Crippen LogP contribution in [0.25, 0.3) is 0 Å². The average Bonchev–Trinajstić information content (AvgIpc) is 2.28. The first-order valence-electron chi connectivity index (χ1n) is 5.77. The molecule has 96 valence electrons. The summed E-state index contributed by atoms with van der Waals surface area (Å²) in [6.07, 6.45) is 2.65. The van der Waals surface area contributed by atoms with E-state index >= 15 is 0 Å². The topological polar surface area (TPSA) is 46.2 Å². The minimum Gasteiger partial charge on any atom is -0.208 e. The zero-order valence-corrected chi connectivity index (χ0v) is 12.5. The van der Waals surface area contributed by atoms with E-state index in [1.54, 1.807) is 24.3 Å². The van der Waals surface area contributed by atoms with Crippen LogP contribution in [-0.4, -0.2) is 14.5 Å². The summed E-state index contributed by atoms with van der Waals surface area (Å²) in [5.41, 5.74) is 0. The highest BCUT2D eigenvalue weighted by Crippen LogP contribution is 2.15. The fourth-order valence-corrected chi connectivity index (χ4v) is 3.21. The Kier molecular flexibility index (Phi) is 5.62. The molecule has 0 fully saturated rings. The van der Waals surface area contributed by atoms with Crippen molar-refractivity contribution in [2.75, 3.05) is 0 Å². The van der Waals surface area contributed by atoms with E-state index in [2.05, 4.69) is 27.6 Å². The van der Waals surface area contributed by atoms with Gasteiger partial charge in [-0.2, -0.15) is 0 Å². The van der Waals surface area contributed by atoms with Gasteiger partial charge in [0, 0.05) is 10.5 Å². The Morgan fingerprint density at radius 1 is 1.24 bits per heavy atom. The van der Waals surface area contributed by atoms with Gasteiger partial charge in [-0.1, -0.05) is 36.2 Å². The van der Waals surface area contributed by atoms with Crippen molar-refractivity contribution in [3.05, 3.63) is 28.7 Å². The van der Waals surface area contributed by atoms with E-state index in [4.69, 9.17) is 0 Å². The highest BCUT2D eigenvalue weighted by molar-refractivity contribution is 9.10. The lowest BCUT2D eigenvalue weighted by Gasteiger charge is -2.16. The molecule has 5 heteroatoms. The number of rotatable bonds is 6. The van der Waals surface area contributed by atoms with Crippen LogP contribution in [0.2, 0.25) is 0 Å². The maximum absolute atomic E-state index is 12.1. The van der Waals surface area contributed by atoms with Gasteiger partial charge in [0.2, 0.25) is 10.0 Å². The van der Waals surface area contributed by atoms with Crippen molar-refractivity contribution in [3.63, 3.8) is 0 Å². The Bertz CT molecular complexity index is 442. The summed E-state index contributed by atoms with van der Waals surface area (Å²) in [4.78, 5) is 0.315. The van der Waals surface area contributed by atoms with Gasteiger partial charge in [-0.3, -0.25) is 0 Å². The number of nitrogens with one attached hydrogen (secondary N) is 1. The molecule has 1 unspecified atom stereocenters. The molecule has 1 rings (SSSR count). The molecule has 0 spiro atoms. The third-order valence-corrected chi connectivity index (χ3v) is 4.64. The summed E-state index contributed by atoms with van der Waals surface area (Å²) in [5, 5.41) is 0. The zero-order valence-electron chi connectivity index (χ0n) is 10.1. The predicted molar refractivity (Wildman–Crippen MR) is 73.5 cm³/mol. The molecule has 1 N–H and O–H groups in total. The molecule has 1 aromatic rings. The Labute approximate surface area is 112 Å². The summed E-state index contributed by atoms with van der Waals surface area (Å²) in [6, 6.07) is 6.69. The summed E-state index contributed by atoms with van der Waals surface area (Å²) in [5.74, 6) is 0. The van der Waals surface area contributed by atoms with Crippen LogP contribution in [0.5, 0.6) is 0 Å². The van der Waals surface area contributed by atoms with Gasteiger partial charge in [-0.15, -0.1) is 0 Å². The van der Waals surface area contributed by atoms with E-state index in [0.717, 1.165) is 23.7 Å². The van der Waals surface area contributed by atoms with Crippen LogP contribution in [0.4, 0.5) is 0 Å². The van der Waals surface area contributed by atoms with Crippen molar-refractivity contribution >= 4 is 26.0 Å². The van der Waals surface area contributed by atoms with Gasteiger partial charge in [0.25, 0.3) is 0 Å². The molecule has 0 amide bonds. The van der Waals surface area contributed by atoms with Gasteiger partial charge < -0.3 is 0 Å². The van der Waals surface area contributed by atoms with Crippen LogP contribution < -0.4 is 4.72 Å². The fourth-order valence-electron chi connectivity index (χ4n) is 1.60. The lowest BCUT2D eigenvalue weighted by Crippen LogP contribution is -2.34. The van der Waals surface area contributed by atoms with E-state index in [1.165, 1.54) is 0 Å². The molecule has 0 aliphatic carbocycles. The summed E-state index contributed by atoms with van der Waals surface area (Å²) in [7, 11) is -3.38. The van der Waals surface area contributed by atoms with Gasteiger partial charge in [0.15, 0.2) is 0 Å². The van der Waals surface area contributed by atoms with E-state index in [1.807, 2.05) is 6.92 Å². The largest absolute Gasteiger partial charge is 0.240 e. The maximum atomic E-state index is 12.1. The Hall–Kier alpha value is -0.390. The Balaban J connectivity index is 2.84. The predicted octanol–water partition coefficient (Wildman–Crippen LogP) is 3.31. The van der Waals surface area contributed by atoms with Gasteiger partial charge >= 0.3 is 0 Å². The summed E-state index contributed by atoms with van der Waals surface area (Å²) < 4.78 is 27.7. The third kappa shape index (κ3) is 4.41. The quantitative estimate of drug-likeness (QED) is 0.874. The van der Waals surface area contributed by atoms with Crippen molar-refractivity contribution in [2.24, 2.45) is 0 Å². The fraction of sp³-hybridized carbons (Fsp3) is 0.500. The first-order chi connectivity index (χ1) is 7.99. The number of hydrogen-bond acceptors (Lipinski definition) is 2. The van der Waals surface area contributed by atoms with Gasteiger partial charge in [0.05, 0.1) is 4.90 Å². The van der Waals surface area contributed by atoms with Crippen molar-refractivity contribution in [1.82, 2.24) is 4.72 Å². The molecule has 0 heterocycles. The highest BCUT2D eigenvalue weighted by atomic mass is 79.9. The normalized spacial score (nSPS) is 13.6. The molecule has 0 bridgehead atoms. The lowest BCUT2D eigenvalue weighted by atomic mass is 10.1. The SMILES string of the molecule is CCCC(CC)NS(=O)(=O)c1ccc(Br)cc1. The van der Waals surface area contributed by atoms with Crippen LogP contribution in [0.3, 0.4) is 0 Å². The van der Waals surface area contributed by atoms with Crippen molar-refractivity contribution in [3.8, 4) is 0 Å². The molecule has 0 aliphatic rings. The lowest BCUT2D eigenvalue weighted by molar-refractivity contribution is 0.512. The monoisotopic (exact) mass is 319 g/mol. The molecule has 0 saturated carbocycles. The molecule has 0 saturated heterocycles. The molecule has 0 aromatic heterocycles.